The second kappa shape index (κ2) is 3.69. The standard InChI is InChI=1S/C10H13N3O2S/c14-8(15)5-13(7-3-4-7)10-11-9(12-16-10)6-1-2-6/h6-7H,1-5H2,(H,14,15). The average molecular weight is 239 g/mol. The highest BCUT2D eigenvalue weighted by Crippen LogP contribution is 2.40. The Morgan fingerprint density at radius 3 is 2.75 bits per heavy atom. The second-order valence-corrected chi connectivity index (χ2v) is 5.19. The summed E-state index contributed by atoms with van der Waals surface area (Å²) in [7, 11) is 0. The van der Waals surface area contributed by atoms with Crippen LogP contribution in [0.25, 0.3) is 0 Å². The van der Waals surface area contributed by atoms with E-state index in [1.54, 1.807) is 0 Å². The first-order valence-electron chi connectivity index (χ1n) is 5.56. The van der Waals surface area contributed by atoms with Crippen LogP contribution in [-0.4, -0.2) is 33.0 Å². The van der Waals surface area contributed by atoms with E-state index in [2.05, 4.69) is 9.36 Å². The van der Waals surface area contributed by atoms with Gasteiger partial charge in [0.25, 0.3) is 0 Å². The lowest BCUT2D eigenvalue weighted by molar-refractivity contribution is -0.135. The zero-order chi connectivity index (χ0) is 11.1. The van der Waals surface area contributed by atoms with Crippen LogP contribution in [-0.2, 0) is 4.79 Å². The average Bonchev–Trinajstić information content (AvgIpc) is 3.13. The molecular weight excluding hydrogens is 226 g/mol. The highest BCUT2D eigenvalue weighted by atomic mass is 32.1. The Morgan fingerprint density at radius 1 is 1.44 bits per heavy atom. The van der Waals surface area contributed by atoms with Gasteiger partial charge in [0.05, 0.1) is 0 Å². The van der Waals surface area contributed by atoms with E-state index >= 15 is 0 Å². The highest BCUT2D eigenvalue weighted by Gasteiger charge is 2.34. The van der Waals surface area contributed by atoms with Gasteiger partial charge in [0.2, 0.25) is 5.13 Å². The van der Waals surface area contributed by atoms with Crippen molar-refractivity contribution in [2.45, 2.75) is 37.6 Å². The Balaban J connectivity index is 1.77. The Bertz CT molecular complexity index is 412. The van der Waals surface area contributed by atoms with E-state index in [0.29, 0.717) is 12.0 Å². The molecule has 2 fully saturated rings. The number of anilines is 1. The number of carboxylic acid groups (broad SMARTS) is 1. The molecule has 0 aliphatic heterocycles. The summed E-state index contributed by atoms with van der Waals surface area (Å²) in [5.74, 6) is 0.655. The molecule has 3 rings (SSSR count). The van der Waals surface area contributed by atoms with Gasteiger partial charge in [-0.05, 0) is 25.7 Å². The molecule has 0 atom stereocenters. The lowest BCUT2D eigenvalue weighted by Crippen LogP contribution is -2.31. The zero-order valence-corrected chi connectivity index (χ0v) is 9.61. The van der Waals surface area contributed by atoms with E-state index in [1.165, 1.54) is 24.4 Å². The maximum atomic E-state index is 10.8. The fourth-order valence-corrected chi connectivity index (χ4v) is 2.55. The van der Waals surface area contributed by atoms with E-state index in [-0.39, 0.29) is 6.54 Å². The maximum Gasteiger partial charge on any atom is 0.323 e. The van der Waals surface area contributed by atoms with Crippen molar-refractivity contribution in [3.8, 4) is 0 Å². The van der Waals surface area contributed by atoms with Crippen molar-refractivity contribution in [2.24, 2.45) is 0 Å². The van der Waals surface area contributed by atoms with Crippen LogP contribution in [0.1, 0.15) is 37.4 Å². The summed E-state index contributed by atoms with van der Waals surface area (Å²) in [6.07, 6.45) is 4.51. The van der Waals surface area contributed by atoms with Crippen LogP contribution >= 0.6 is 11.5 Å². The van der Waals surface area contributed by atoms with Gasteiger partial charge in [-0.2, -0.15) is 4.37 Å². The van der Waals surface area contributed by atoms with Crippen LogP contribution in [0.4, 0.5) is 5.13 Å². The van der Waals surface area contributed by atoms with E-state index in [0.717, 1.165) is 23.8 Å². The van der Waals surface area contributed by atoms with E-state index in [4.69, 9.17) is 5.11 Å². The number of carbonyl (C=O) groups is 1. The van der Waals surface area contributed by atoms with Crippen molar-refractivity contribution in [2.75, 3.05) is 11.4 Å². The minimum absolute atomic E-state index is 0.0456. The Hall–Kier alpha value is -1.17. The number of hydrogen-bond acceptors (Lipinski definition) is 5. The van der Waals surface area contributed by atoms with Gasteiger partial charge in [0.15, 0.2) is 0 Å². The first-order valence-corrected chi connectivity index (χ1v) is 6.33. The molecule has 6 heteroatoms. The number of hydrogen-bond donors (Lipinski definition) is 1. The molecule has 86 valence electrons. The van der Waals surface area contributed by atoms with E-state index in [9.17, 15) is 4.79 Å². The number of carboxylic acids is 1. The van der Waals surface area contributed by atoms with Gasteiger partial charge >= 0.3 is 5.97 Å². The Morgan fingerprint density at radius 2 is 2.19 bits per heavy atom. The molecule has 2 saturated carbocycles. The molecule has 0 unspecified atom stereocenters. The third-order valence-electron chi connectivity index (χ3n) is 2.91. The smallest absolute Gasteiger partial charge is 0.323 e. The molecule has 2 aliphatic rings. The van der Waals surface area contributed by atoms with Crippen LogP contribution in [0.15, 0.2) is 0 Å². The molecule has 5 nitrogen and oxygen atoms in total. The summed E-state index contributed by atoms with van der Waals surface area (Å²) in [5, 5.41) is 9.65. The molecule has 0 saturated heterocycles. The lowest BCUT2D eigenvalue weighted by Gasteiger charge is -2.17. The first-order chi connectivity index (χ1) is 7.74. The van der Waals surface area contributed by atoms with Gasteiger partial charge in [-0.3, -0.25) is 4.79 Å². The van der Waals surface area contributed by atoms with Crippen LogP contribution in [0, 0.1) is 0 Å². The zero-order valence-electron chi connectivity index (χ0n) is 8.80. The van der Waals surface area contributed by atoms with Crippen LogP contribution in [0.5, 0.6) is 0 Å². The summed E-state index contributed by atoms with van der Waals surface area (Å²) in [4.78, 5) is 17.1. The third-order valence-corrected chi connectivity index (χ3v) is 3.68. The summed E-state index contributed by atoms with van der Waals surface area (Å²) < 4.78 is 4.31. The van der Waals surface area contributed by atoms with E-state index in [1.807, 2.05) is 4.90 Å². The molecule has 0 bridgehead atoms. The fourth-order valence-electron chi connectivity index (χ4n) is 1.74. The monoisotopic (exact) mass is 239 g/mol. The Labute approximate surface area is 97.3 Å². The second-order valence-electron chi connectivity index (χ2n) is 4.46. The molecule has 1 aromatic heterocycles. The largest absolute Gasteiger partial charge is 0.480 e. The predicted molar refractivity (Wildman–Crippen MR) is 59.9 cm³/mol. The molecular formula is C10H13N3O2S. The molecule has 0 radical (unpaired) electrons. The van der Waals surface area contributed by atoms with Gasteiger partial charge in [-0.1, -0.05) is 0 Å². The number of aliphatic carboxylic acids is 1. The summed E-state index contributed by atoms with van der Waals surface area (Å²) in [5.41, 5.74) is 0. The van der Waals surface area contributed by atoms with Gasteiger partial charge in [-0.15, -0.1) is 0 Å². The van der Waals surface area contributed by atoms with Crippen LogP contribution < -0.4 is 4.90 Å². The Kier molecular flexibility index (Phi) is 2.31. The van der Waals surface area contributed by atoms with Crippen molar-refractivity contribution in [1.82, 2.24) is 9.36 Å². The van der Waals surface area contributed by atoms with Crippen molar-refractivity contribution in [3.05, 3.63) is 5.82 Å². The van der Waals surface area contributed by atoms with Gasteiger partial charge < -0.3 is 10.0 Å². The minimum atomic E-state index is -0.796. The number of rotatable bonds is 5. The predicted octanol–water partition coefficient (Wildman–Crippen LogP) is 1.47. The van der Waals surface area contributed by atoms with Gasteiger partial charge in [0.1, 0.15) is 12.4 Å². The molecule has 1 aromatic rings. The summed E-state index contributed by atoms with van der Waals surface area (Å²) in [6.45, 7) is 0.0456. The topological polar surface area (TPSA) is 66.3 Å². The molecule has 0 amide bonds. The molecule has 0 spiro atoms. The van der Waals surface area contributed by atoms with Crippen molar-refractivity contribution >= 4 is 22.6 Å². The third kappa shape index (κ3) is 2.02. The molecule has 1 heterocycles. The van der Waals surface area contributed by atoms with Crippen molar-refractivity contribution in [3.63, 3.8) is 0 Å². The number of aromatic nitrogens is 2. The first kappa shape index (κ1) is 10.0. The van der Waals surface area contributed by atoms with Crippen molar-refractivity contribution in [1.29, 1.82) is 0 Å². The molecule has 2 aliphatic carbocycles. The summed E-state index contributed by atoms with van der Waals surface area (Å²) in [6, 6.07) is 0.371. The lowest BCUT2D eigenvalue weighted by atomic mass is 10.4. The molecule has 0 aromatic carbocycles. The molecule has 1 N–H and O–H groups in total. The SMILES string of the molecule is O=C(O)CN(c1nc(C2CC2)ns1)C1CC1. The quantitative estimate of drug-likeness (QED) is 0.842. The number of nitrogens with zero attached hydrogens (tertiary/aromatic N) is 3. The summed E-state index contributed by atoms with van der Waals surface area (Å²) >= 11 is 1.34. The molecule has 16 heavy (non-hydrogen) atoms. The highest BCUT2D eigenvalue weighted by molar-refractivity contribution is 7.09. The minimum Gasteiger partial charge on any atom is -0.480 e. The van der Waals surface area contributed by atoms with E-state index < -0.39 is 5.97 Å². The van der Waals surface area contributed by atoms with Gasteiger partial charge in [-0.25, -0.2) is 4.98 Å². The maximum absolute atomic E-state index is 10.8. The van der Waals surface area contributed by atoms with Crippen LogP contribution in [0.2, 0.25) is 0 Å². The fraction of sp³-hybridized carbons (Fsp3) is 0.700. The van der Waals surface area contributed by atoms with Crippen LogP contribution in [0.3, 0.4) is 0 Å². The normalized spacial score (nSPS) is 19.8. The van der Waals surface area contributed by atoms with Crippen molar-refractivity contribution < 1.29 is 9.90 Å². The van der Waals surface area contributed by atoms with Gasteiger partial charge in [0, 0.05) is 23.5 Å².